The van der Waals surface area contributed by atoms with E-state index in [0.29, 0.717) is 30.9 Å². The molecule has 5 rings (SSSR count). The van der Waals surface area contributed by atoms with E-state index in [1.54, 1.807) is 0 Å². The Morgan fingerprint density at radius 1 is 1.04 bits per heavy atom. The summed E-state index contributed by atoms with van der Waals surface area (Å²) in [5.41, 5.74) is 9.39. The average molecular weight is 634 g/mol. The fourth-order valence-electron chi connectivity index (χ4n) is 7.04. The third-order valence-electron chi connectivity index (χ3n) is 9.30. The quantitative estimate of drug-likeness (QED) is 0.202. The summed E-state index contributed by atoms with van der Waals surface area (Å²) < 4.78 is 0. The Hall–Kier alpha value is -4.75. The summed E-state index contributed by atoms with van der Waals surface area (Å²) >= 11 is 0. The zero-order valence-electron chi connectivity index (χ0n) is 28.5. The zero-order valence-corrected chi connectivity index (χ0v) is 28.5. The molecule has 4 N–H and O–H groups in total. The van der Waals surface area contributed by atoms with Crippen LogP contribution in [-0.4, -0.2) is 62.6 Å². The number of amides is 1. The molecule has 0 saturated carbocycles. The Morgan fingerprint density at radius 2 is 1.68 bits per heavy atom. The minimum atomic E-state index is -0.754. The van der Waals surface area contributed by atoms with Crippen molar-refractivity contribution < 1.29 is 4.79 Å². The monoisotopic (exact) mass is 633 g/mol. The van der Waals surface area contributed by atoms with Crippen LogP contribution in [0.2, 0.25) is 0 Å². The molecule has 1 aliphatic heterocycles. The van der Waals surface area contributed by atoms with Crippen molar-refractivity contribution in [2.75, 3.05) is 13.1 Å². The van der Waals surface area contributed by atoms with Crippen molar-refractivity contribution in [3.63, 3.8) is 0 Å². The SMILES string of the molecule is C=C(NC(C)C)c1ccc2c(c1)CCc1cc(C(=O)NC(C)C)ccc1C2(CCNCC(=C)N1C(C)=C(C)CC1C#N)c1nn[nH]n1. The fraction of sp³-hybridized carbons (Fsp3) is 0.432. The Balaban J connectivity index is 1.55. The van der Waals surface area contributed by atoms with Gasteiger partial charge in [-0.25, -0.2) is 0 Å². The number of allylic oxidation sites excluding steroid dienone is 1. The highest BCUT2D eigenvalue weighted by molar-refractivity contribution is 5.94. The molecule has 2 aromatic carbocycles. The molecule has 3 aromatic rings. The van der Waals surface area contributed by atoms with Crippen LogP contribution in [0.15, 0.2) is 66.5 Å². The lowest BCUT2D eigenvalue weighted by Crippen LogP contribution is -2.38. The lowest BCUT2D eigenvalue weighted by Gasteiger charge is -2.34. The van der Waals surface area contributed by atoms with E-state index in [0.717, 1.165) is 58.6 Å². The van der Waals surface area contributed by atoms with Crippen LogP contribution in [-0.2, 0) is 18.3 Å². The number of H-pyrrole nitrogens is 1. The van der Waals surface area contributed by atoms with Crippen LogP contribution < -0.4 is 16.0 Å². The molecular weight excluding hydrogens is 586 g/mol. The minimum absolute atomic E-state index is 0.0305. The maximum absolute atomic E-state index is 13.1. The largest absolute Gasteiger partial charge is 0.383 e. The van der Waals surface area contributed by atoms with Gasteiger partial charge >= 0.3 is 0 Å². The number of tetrazole rings is 1. The summed E-state index contributed by atoms with van der Waals surface area (Å²) in [6.07, 6.45) is 2.88. The molecular formula is C37H47N9O. The van der Waals surface area contributed by atoms with Gasteiger partial charge < -0.3 is 20.9 Å². The first-order valence-corrected chi connectivity index (χ1v) is 16.5. The normalized spacial score (nSPS) is 18.9. The van der Waals surface area contributed by atoms with E-state index in [1.165, 1.54) is 11.1 Å². The molecule has 10 nitrogen and oxygen atoms in total. The number of aryl methyl sites for hydroxylation is 2. The molecule has 0 saturated heterocycles. The van der Waals surface area contributed by atoms with Gasteiger partial charge in [-0.05, 0) is 113 Å². The molecule has 10 heteroatoms. The van der Waals surface area contributed by atoms with E-state index in [1.807, 2.05) is 26.0 Å². The van der Waals surface area contributed by atoms with Gasteiger partial charge in [-0.2, -0.15) is 10.5 Å². The van der Waals surface area contributed by atoms with Gasteiger partial charge in [0.1, 0.15) is 6.04 Å². The maximum atomic E-state index is 13.1. The van der Waals surface area contributed by atoms with Gasteiger partial charge in [0.25, 0.3) is 5.91 Å². The number of aromatic nitrogens is 4. The lowest BCUT2D eigenvalue weighted by molar-refractivity contribution is 0.0943. The first kappa shape index (κ1) is 33.6. The molecule has 0 radical (unpaired) electrons. The van der Waals surface area contributed by atoms with Crippen LogP contribution in [0.5, 0.6) is 0 Å². The van der Waals surface area contributed by atoms with E-state index in [-0.39, 0.29) is 24.0 Å². The number of nitrogens with zero attached hydrogens (tertiary/aromatic N) is 5. The van der Waals surface area contributed by atoms with E-state index >= 15 is 0 Å². The third-order valence-corrected chi connectivity index (χ3v) is 9.30. The van der Waals surface area contributed by atoms with Crippen LogP contribution in [0.4, 0.5) is 0 Å². The molecule has 246 valence electrons. The van der Waals surface area contributed by atoms with Crippen molar-refractivity contribution in [1.82, 2.24) is 41.5 Å². The number of nitrogens with one attached hydrogen (secondary N) is 4. The summed E-state index contributed by atoms with van der Waals surface area (Å²) in [4.78, 5) is 15.2. The van der Waals surface area contributed by atoms with Crippen LogP contribution >= 0.6 is 0 Å². The number of hydrogen-bond donors (Lipinski definition) is 4. The van der Waals surface area contributed by atoms with E-state index in [9.17, 15) is 10.1 Å². The Morgan fingerprint density at radius 3 is 2.28 bits per heavy atom. The molecule has 2 atom stereocenters. The highest BCUT2D eigenvalue weighted by Gasteiger charge is 2.44. The molecule has 47 heavy (non-hydrogen) atoms. The van der Waals surface area contributed by atoms with Crippen molar-refractivity contribution >= 4 is 11.6 Å². The average Bonchev–Trinajstić information content (AvgIpc) is 3.64. The molecule has 2 heterocycles. The number of fused-ring (bicyclic) bond motifs is 2. The summed E-state index contributed by atoms with van der Waals surface area (Å²) in [5, 5.41) is 35.8. The molecule has 1 aliphatic carbocycles. The highest BCUT2D eigenvalue weighted by Crippen LogP contribution is 2.46. The fourth-order valence-corrected chi connectivity index (χ4v) is 7.04. The van der Waals surface area contributed by atoms with Crippen LogP contribution in [0, 0.1) is 11.3 Å². The molecule has 2 aliphatic rings. The van der Waals surface area contributed by atoms with Gasteiger partial charge in [-0.1, -0.05) is 42.1 Å². The minimum Gasteiger partial charge on any atom is -0.383 e. The lowest BCUT2D eigenvalue weighted by atomic mass is 9.69. The second-order valence-electron chi connectivity index (χ2n) is 13.4. The smallest absolute Gasteiger partial charge is 0.251 e. The van der Waals surface area contributed by atoms with Crippen LogP contribution in [0.3, 0.4) is 0 Å². The summed E-state index contributed by atoms with van der Waals surface area (Å²) in [7, 11) is 0. The van der Waals surface area contributed by atoms with Crippen LogP contribution in [0.25, 0.3) is 5.70 Å². The topological polar surface area (TPSA) is 135 Å². The molecule has 0 spiro atoms. The predicted molar refractivity (Wildman–Crippen MR) is 185 cm³/mol. The van der Waals surface area contributed by atoms with Gasteiger partial charge in [0, 0.05) is 47.7 Å². The number of carbonyl (C=O) groups is 1. The number of nitriles is 1. The Labute approximate surface area is 278 Å². The molecule has 0 bridgehead atoms. The number of rotatable bonds is 12. The third kappa shape index (κ3) is 6.72. The number of aromatic amines is 1. The second kappa shape index (κ2) is 13.9. The van der Waals surface area contributed by atoms with E-state index in [2.05, 4.69) is 113 Å². The Kier molecular flexibility index (Phi) is 9.96. The van der Waals surface area contributed by atoms with Gasteiger partial charge in [-0.15, -0.1) is 10.2 Å². The Bertz CT molecular complexity index is 1650. The maximum Gasteiger partial charge on any atom is 0.251 e. The van der Waals surface area contributed by atoms with Crippen molar-refractivity contribution in [3.8, 4) is 6.07 Å². The highest BCUT2D eigenvalue weighted by atomic mass is 16.1. The summed E-state index contributed by atoms with van der Waals surface area (Å²) in [6.45, 7) is 22.0. The number of benzene rings is 2. The van der Waals surface area contributed by atoms with Crippen LogP contribution in [0.1, 0.15) is 98.4 Å². The first-order chi connectivity index (χ1) is 22.5. The van der Waals surface area contributed by atoms with E-state index < -0.39 is 5.41 Å². The number of carbonyl (C=O) groups excluding carboxylic acids is 1. The van der Waals surface area contributed by atoms with Gasteiger partial charge in [0.2, 0.25) is 0 Å². The standard InChI is InChI=1S/C37H47N9O/c1-22(2)40-26(7)28-11-13-33-29(18-28)9-10-30-19-31(35(47)41-23(3)4)12-14-34(30)37(33,36-42-44-45-43-36)15-16-39-21-25(6)46-27(8)24(5)17-32(46)20-38/h11-14,18-19,22-23,32,39-40H,6-7,9-10,15-17,21H2,1-5,8H3,(H,41,47)(H,42,43,44,45). The summed E-state index contributed by atoms with van der Waals surface area (Å²) in [5.74, 6) is 0.484. The zero-order chi connectivity index (χ0) is 33.9. The molecule has 1 aromatic heterocycles. The first-order valence-electron chi connectivity index (χ1n) is 16.5. The van der Waals surface area contributed by atoms with Gasteiger partial charge in [0.05, 0.1) is 11.5 Å². The van der Waals surface area contributed by atoms with Crippen molar-refractivity contribution in [2.24, 2.45) is 0 Å². The second-order valence-corrected chi connectivity index (χ2v) is 13.4. The van der Waals surface area contributed by atoms with Crippen molar-refractivity contribution in [3.05, 3.63) is 106 Å². The number of hydrogen-bond acceptors (Lipinski definition) is 8. The van der Waals surface area contributed by atoms with E-state index in [4.69, 9.17) is 0 Å². The molecule has 0 fully saturated rings. The molecule has 2 unspecified atom stereocenters. The van der Waals surface area contributed by atoms with Gasteiger partial charge in [-0.3, -0.25) is 4.79 Å². The predicted octanol–water partition coefficient (Wildman–Crippen LogP) is 5.12. The van der Waals surface area contributed by atoms with Crippen molar-refractivity contribution in [2.45, 2.75) is 90.8 Å². The summed E-state index contributed by atoms with van der Waals surface area (Å²) in [6, 6.07) is 15.0. The van der Waals surface area contributed by atoms with Gasteiger partial charge in [0.15, 0.2) is 5.82 Å². The molecule has 1 amide bonds. The van der Waals surface area contributed by atoms with Crippen molar-refractivity contribution in [1.29, 1.82) is 5.26 Å².